The number of carbonyl (C=O) groups is 2. The molecule has 0 radical (unpaired) electrons. The van der Waals surface area contributed by atoms with Crippen LogP contribution >= 0.6 is 11.3 Å². The zero-order valence-electron chi connectivity index (χ0n) is 17.4. The number of aliphatic carboxylic acids is 1. The van der Waals surface area contributed by atoms with Crippen molar-refractivity contribution in [3.05, 3.63) is 52.9 Å². The number of rotatable bonds is 13. The molecular formula is C22H29NO7S. The lowest BCUT2D eigenvalue weighted by Gasteiger charge is -2.25. The maximum Gasteiger partial charge on any atom is 0.338 e. The predicted octanol–water partition coefficient (Wildman–Crippen LogP) is 1.76. The van der Waals surface area contributed by atoms with Crippen LogP contribution in [0.2, 0.25) is 0 Å². The normalized spacial score (nSPS) is 15.0. The van der Waals surface area contributed by atoms with Crippen LogP contribution in [-0.4, -0.2) is 58.2 Å². The molecule has 170 valence electrons. The number of aliphatic hydroxyl groups excluding tert-OH is 2. The van der Waals surface area contributed by atoms with Crippen molar-refractivity contribution in [1.82, 2.24) is 0 Å². The Balaban J connectivity index is 1.70. The summed E-state index contributed by atoms with van der Waals surface area (Å²) in [5.74, 6) is -2.94. The first-order chi connectivity index (χ1) is 14.7. The second-order valence-electron chi connectivity index (χ2n) is 7.65. The number of nitrogens with two attached hydrogens (primary N) is 1. The molecule has 1 aromatic carbocycles. The van der Waals surface area contributed by atoms with Crippen molar-refractivity contribution in [3.8, 4) is 5.06 Å². The smallest absolute Gasteiger partial charge is 0.338 e. The highest BCUT2D eigenvalue weighted by Crippen LogP contribution is 2.27. The van der Waals surface area contributed by atoms with Gasteiger partial charge in [-0.05, 0) is 50.3 Å². The maximum absolute atomic E-state index is 11.7. The molecule has 2 rings (SSSR count). The Bertz CT molecular complexity index is 837. The first-order valence-electron chi connectivity index (χ1n) is 9.98. The Labute approximate surface area is 185 Å². The topological polar surface area (TPSA) is 139 Å². The van der Waals surface area contributed by atoms with Gasteiger partial charge in [-0.15, -0.1) is 11.3 Å². The summed E-state index contributed by atoms with van der Waals surface area (Å²) >= 11 is 1.53. The summed E-state index contributed by atoms with van der Waals surface area (Å²) in [4.78, 5) is 23.3. The summed E-state index contributed by atoms with van der Waals surface area (Å²) in [6, 6.07) is 14.1. The van der Waals surface area contributed by atoms with E-state index in [4.69, 9.17) is 20.3 Å². The minimum absolute atomic E-state index is 0.219. The molecule has 8 nitrogen and oxygen atoms in total. The molecule has 0 saturated carbocycles. The molecule has 0 spiro atoms. The number of thiophene rings is 1. The molecule has 0 aliphatic carbocycles. The van der Waals surface area contributed by atoms with Gasteiger partial charge in [-0.2, -0.15) is 0 Å². The second kappa shape index (κ2) is 11.8. The number of hydrogen-bond donors (Lipinski definition) is 4. The lowest BCUT2D eigenvalue weighted by Crippen LogP contribution is -2.46. The third kappa shape index (κ3) is 8.66. The number of aryl methyl sites for hydroxylation is 2. The van der Waals surface area contributed by atoms with Gasteiger partial charge in [0.2, 0.25) is 0 Å². The quantitative estimate of drug-likeness (QED) is 0.267. The van der Waals surface area contributed by atoms with Gasteiger partial charge in [-0.1, -0.05) is 30.3 Å². The lowest BCUT2D eigenvalue weighted by atomic mass is 9.98. The Kier molecular flexibility index (Phi) is 9.44. The summed E-state index contributed by atoms with van der Waals surface area (Å²) in [6.07, 6.45) is -1.39. The summed E-state index contributed by atoms with van der Waals surface area (Å²) in [5, 5.41) is 28.1. The molecule has 31 heavy (non-hydrogen) atoms. The average Bonchev–Trinajstić information content (AvgIpc) is 3.21. The van der Waals surface area contributed by atoms with Crippen LogP contribution in [0.15, 0.2) is 42.5 Å². The Morgan fingerprint density at radius 3 is 2.48 bits per heavy atom. The number of esters is 1. The van der Waals surface area contributed by atoms with Gasteiger partial charge in [-0.25, -0.2) is 9.59 Å². The molecule has 0 amide bonds. The van der Waals surface area contributed by atoms with Crippen LogP contribution in [0.1, 0.15) is 30.2 Å². The van der Waals surface area contributed by atoms with Gasteiger partial charge in [0.1, 0.15) is 6.61 Å². The third-order valence-electron chi connectivity index (χ3n) is 4.61. The van der Waals surface area contributed by atoms with Crippen molar-refractivity contribution in [3.63, 3.8) is 0 Å². The number of ether oxygens (including phenoxy) is 2. The van der Waals surface area contributed by atoms with Crippen LogP contribution in [0.4, 0.5) is 0 Å². The second-order valence-corrected chi connectivity index (χ2v) is 8.78. The zero-order chi connectivity index (χ0) is 22.9. The fraction of sp³-hybridized carbons (Fsp3) is 0.455. The van der Waals surface area contributed by atoms with Crippen molar-refractivity contribution in [2.45, 2.75) is 50.4 Å². The van der Waals surface area contributed by atoms with Gasteiger partial charge < -0.3 is 30.5 Å². The summed E-state index contributed by atoms with van der Waals surface area (Å²) in [7, 11) is 0. The molecule has 9 heteroatoms. The minimum Gasteiger partial charge on any atom is -0.484 e. The number of carboxylic acids is 1. The van der Waals surface area contributed by atoms with Gasteiger partial charge in [-0.3, -0.25) is 0 Å². The van der Waals surface area contributed by atoms with Gasteiger partial charge >= 0.3 is 11.9 Å². The lowest BCUT2D eigenvalue weighted by molar-refractivity contribution is -0.170. The van der Waals surface area contributed by atoms with Crippen molar-refractivity contribution in [2.75, 3.05) is 13.2 Å². The highest BCUT2D eigenvalue weighted by atomic mass is 32.1. The molecule has 3 atom stereocenters. The Morgan fingerprint density at radius 1 is 1.10 bits per heavy atom. The predicted molar refractivity (Wildman–Crippen MR) is 116 cm³/mol. The highest BCUT2D eigenvalue weighted by Gasteiger charge is 2.32. The monoisotopic (exact) mass is 451 g/mol. The molecule has 1 heterocycles. The van der Waals surface area contributed by atoms with Crippen molar-refractivity contribution in [1.29, 1.82) is 0 Å². The van der Waals surface area contributed by atoms with E-state index in [9.17, 15) is 19.8 Å². The van der Waals surface area contributed by atoms with Gasteiger partial charge in [0.25, 0.3) is 0 Å². The largest absolute Gasteiger partial charge is 0.484 e. The van der Waals surface area contributed by atoms with Crippen LogP contribution in [-0.2, 0) is 27.2 Å². The highest BCUT2D eigenvalue weighted by molar-refractivity contribution is 7.13. The summed E-state index contributed by atoms with van der Waals surface area (Å²) in [6.45, 7) is 2.10. The molecule has 2 unspecified atom stereocenters. The average molecular weight is 452 g/mol. The van der Waals surface area contributed by atoms with Crippen LogP contribution < -0.4 is 10.5 Å². The first kappa shape index (κ1) is 24.8. The molecular weight excluding hydrogens is 422 g/mol. The number of carbonyl (C=O) groups excluding carboxylic acids is 1. The Morgan fingerprint density at radius 2 is 1.81 bits per heavy atom. The maximum atomic E-state index is 11.7. The van der Waals surface area contributed by atoms with Gasteiger partial charge in [0, 0.05) is 10.4 Å². The van der Waals surface area contributed by atoms with Crippen molar-refractivity contribution in [2.24, 2.45) is 5.73 Å². The molecule has 5 N–H and O–H groups in total. The Hall–Kier alpha value is -2.46. The van der Waals surface area contributed by atoms with Gasteiger partial charge in [0.05, 0.1) is 6.61 Å². The van der Waals surface area contributed by atoms with Crippen molar-refractivity contribution >= 4 is 23.3 Å². The molecule has 0 fully saturated rings. The SMILES string of the molecule is C[C@@](N)(CCc1ccc(OCCCc2ccccc2)s1)COC(=O)C(O)C(O)C(=O)O. The van der Waals surface area contributed by atoms with E-state index in [1.165, 1.54) is 16.9 Å². The van der Waals surface area contributed by atoms with E-state index in [0.717, 1.165) is 22.8 Å². The molecule has 2 aromatic rings. The standard InChI is InChI=1S/C22H29NO7S/c1-22(23,14-30-21(28)19(25)18(24)20(26)27)12-11-16-9-10-17(31-16)29-13-5-8-15-6-3-2-4-7-15/h2-4,6-7,9-10,18-19,24-25H,5,8,11-14,23H2,1H3,(H,26,27)/t18?,19?,22-/m1/s1. The molecule has 0 aliphatic heterocycles. The molecule has 0 aliphatic rings. The van der Waals surface area contributed by atoms with Crippen LogP contribution in [0.5, 0.6) is 5.06 Å². The fourth-order valence-corrected chi connectivity index (χ4v) is 3.61. The van der Waals surface area contributed by atoms with E-state index >= 15 is 0 Å². The molecule has 0 saturated heterocycles. The number of benzene rings is 1. The zero-order valence-corrected chi connectivity index (χ0v) is 18.2. The minimum atomic E-state index is -2.24. The van der Waals surface area contributed by atoms with Crippen LogP contribution in [0.25, 0.3) is 0 Å². The van der Waals surface area contributed by atoms with Crippen molar-refractivity contribution < 1.29 is 34.4 Å². The van der Waals surface area contributed by atoms with E-state index < -0.39 is 29.7 Å². The van der Waals surface area contributed by atoms with E-state index in [-0.39, 0.29) is 6.61 Å². The number of hydrogen-bond acceptors (Lipinski definition) is 8. The molecule has 1 aromatic heterocycles. The summed E-state index contributed by atoms with van der Waals surface area (Å²) < 4.78 is 10.7. The van der Waals surface area contributed by atoms with E-state index in [1.54, 1.807) is 6.92 Å². The number of carboxylic acid groups (broad SMARTS) is 1. The van der Waals surface area contributed by atoms with Crippen LogP contribution in [0, 0.1) is 0 Å². The number of aliphatic hydroxyl groups is 2. The van der Waals surface area contributed by atoms with Gasteiger partial charge in [0.15, 0.2) is 17.3 Å². The van der Waals surface area contributed by atoms with Crippen LogP contribution in [0.3, 0.4) is 0 Å². The van der Waals surface area contributed by atoms with E-state index in [1.807, 2.05) is 30.3 Å². The third-order valence-corrected chi connectivity index (χ3v) is 5.67. The first-order valence-corrected chi connectivity index (χ1v) is 10.8. The fourth-order valence-electron chi connectivity index (χ4n) is 2.73. The van der Waals surface area contributed by atoms with E-state index in [0.29, 0.717) is 19.4 Å². The van der Waals surface area contributed by atoms with E-state index in [2.05, 4.69) is 12.1 Å². The summed E-state index contributed by atoms with van der Waals surface area (Å²) in [5.41, 5.74) is 6.54. The molecule has 0 bridgehead atoms.